The van der Waals surface area contributed by atoms with Gasteiger partial charge in [0.05, 0.1) is 6.61 Å². The second-order valence-electron chi connectivity index (χ2n) is 8.17. The topological polar surface area (TPSA) is 86.7 Å². The summed E-state index contributed by atoms with van der Waals surface area (Å²) in [4.78, 5) is 50.8. The molecule has 0 heterocycles. The fourth-order valence-electron chi connectivity index (χ4n) is 3.08. The highest BCUT2D eigenvalue weighted by Gasteiger charge is 2.52. The van der Waals surface area contributed by atoms with E-state index in [1.807, 2.05) is 13.0 Å². The van der Waals surface area contributed by atoms with E-state index in [9.17, 15) is 19.2 Å². The third-order valence-corrected chi connectivity index (χ3v) is 4.50. The van der Waals surface area contributed by atoms with Gasteiger partial charge in [-0.05, 0) is 60.5 Å². The summed E-state index contributed by atoms with van der Waals surface area (Å²) in [5.74, 6) is -2.32. The molecule has 1 aromatic carbocycles. The maximum absolute atomic E-state index is 13.4. The quantitative estimate of drug-likeness (QED) is 0.251. The van der Waals surface area contributed by atoms with E-state index < -0.39 is 28.6 Å². The van der Waals surface area contributed by atoms with Gasteiger partial charge in [0.2, 0.25) is 0 Å². The summed E-state index contributed by atoms with van der Waals surface area (Å²) in [6.45, 7) is 10.2. The van der Waals surface area contributed by atoms with Gasteiger partial charge in [-0.2, -0.15) is 0 Å². The molecule has 1 unspecified atom stereocenters. The Hall–Kier alpha value is -2.50. The number of carbonyl (C=O) groups excluding carboxylic acids is 4. The smallest absolute Gasteiger partial charge is 0.328 e. The SMILES string of the molecule is CCOC(=O)CCCCC(C(C)=O)(C(=O)OC(C)(C)C)C(=O)c1cccc(C)c1. The van der Waals surface area contributed by atoms with Crippen LogP contribution in [0.25, 0.3) is 0 Å². The zero-order valence-electron chi connectivity index (χ0n) is 18.3. The summed E-state index contributed by atoms with van der Waals surface area (Å²) in [5.41, 5.74) is -1.65. The van der Waals surface area contributed by atoms with Gasteiger partial charge in [-0.15, -0.1) is 0 Å². The maximum atomic E-state index is 13.4. The van der Waals surface area contributed by atoms with E-state index in [4.69, 9.17) is 9.47 Å². The molecule has 0 aromatic heterocycles. The Morgan fingerprint density at radius 3 is 2.21 bits per heavy atom. The summed E-state index contributed by atoms with van der Waals surface area (Å²) in [6, 6.07) is 6.79. The molecule has 0 N–H and O–H groups in total. The van der Waals surface area contributed by atoms with E-state index in [0.29, 0.717) is 19.4 Å². The summed E-state index contributed by atoms with van der Waals surface area (Å²) in [6.07, 6.45) is 0.866. The van der Waals surface area contributed by atoms with Gasteiger partial charge in [-0.3, -0.25) is 19.2 Å². The van der Waals surface area contributed by atoms with Gasteiger partial charge >= 0.3 is 11.9 Å². The highest BCUT2D eigenvalue weighted by molar-refractivity contribution is 6.26. The van der Waals surface area contributed by atoms with Crippen LogP contribution in [-0.4, -0.2) is 35.7 Å². The molecule has 0 saturated heterocycles. The fourth-order valence-corrected chi connectivity index (χ4v) is 3.08. The average Bonchev–Trinajstić information content (AvgIpc) is 2.59. The van der Waals surface area contributed by atoms with Crippen molar-refractivity contribution in [2.75, 3.05) is 6.61 Å². The van der Waals surface area contributed by atoms with Crippen molar-refractivity contribution >= 4 is 23.5 Å². The number of esters is 2. The lowest BCUT2D eigenvalue weighted by Gasteiger charge is -2.31. The molecule has 1 rings (SSSR count). The number of hydrogen-bond acceptors (Lipinski definition) is 6. The van der Waals surface area contributed by atoms with Crippen molar-refractivity contribution in [2.45, 2.75) is 72.8 Å². The van der Waals surface area contributed by atoms with Crippen LogP contribution in [0.3, 0.4) is 0 Å². The summed E-state index contributed by atoms with van der Waals surface area (Å²) in [7, 11) is 0. The van der Waals surface area contributed by atoms with Crippen LogP contribution in [0.1, 0.15) is 76.2 Å². The largest absolute Gasteiger partial charge is 0.466 e. The number of rotatable bonds is 10. The summed E-state index contributed by atoms with van der Waals surface area (Å²) >= 11 is 0. The van der Waals surface area contributed by atoms with Gasteiger partial charge < -0.3 is 9.47 Å². The van der Waals surface area contributed by atoms with Crippen molar-refractivity contribution in [1.29, 1.82) is 0 Å². The highest BCUT2D eigenvalue weighted by Crippen LogP contribution is 2.34. The molecule has 0 aliphatic carbocycles. The highest BCUT2D eigenvalue weighted by atomic mass is 16.6. The molecule has 0 bridgehead atoms. The Bertz CT molecular complexity index is 759. The van der Waals surface area contributed by atoms with Crippen LogP contribution in [-0.2, 0) is 23.9 Å². The molecule has 0 fully saturated rings. The Kier molecular flexibility index (Phi) is 8.74. The molecule has 29 heavy (non-hydrogen) atoms. The molecule has 6 heteroatoms. The molecule has 0 amide bonds. The van der Waals surface area contributed by atoms with Gasteiger partial charge in [0, 0.05) is 12.0 Å². The number of aryl methyl sites for hydroxylation is 1. The second kappa shape index (κ2) is 10.3. The first-order valence-electron chi connectivity index (χ1n) is 9.95. The molecule has 0 aliphatic rings. The van der Waals surface area contributed by atoms with Crippen LogP contribution >= 0.6 is 0 Å². The van der Waals surface area contributed by atoms with Crippen molar-refractivity contribution in [3.05, 3.63) is 35.4 Å². The van der Waals surface area contributed by atoms with Crippen molar-refractivity contribution < 1.29 is 28.7 Å². The first-order chi connectivity index (χ1) is 13.4. The first kappa shape index (κ1) is 24.5. The van der Waals surface area contributed by atoms with E-state index in [2.05, 4.69) is 0 Å². The van der Waals surface area contributed by atoms with E-state index in [1.165, 1.54) is 6.92 Å². The van der Waals surface area contributed by atoms with Gasteiger partial charge in [-0.25, -0.2) is 0 Å². The van der Waals surface area contributed by atoms with Crippen LogP contribution in [0.15, 0.2) is 24.3 Å². The standard InChI is InChI=1S/C23H32O6/c1-7-28-19(25)13-8-9-14-23(17(3)24,21(27)29-22(4,5)6)20(26)18-12-10-11-16(2)15-18/h10-12,15H,7-9,13-14H2,1-6H3. The van der Waals surface area contributed by atoms with E-state index >= 15 is 0 Å². The van der Waals surface area contributed by atoms with E-state index in [1.54, 1.807) is 45.9 Å². The maximum Gasteiger partial charge on any atom is 0.328 e. The minimum atomic E-state index is -1.93. The third kappa shape index (κ3) is 6.80. The van der Waals surface area contributed by atoms with Gasteiger partial charge in [-0.1, -0.05) is 30.2 Å². The second-order valence-corrected chi connectivity index (χ2v) is 8.17. The van der Waals surface area contributed by atoms with Crippen LogP contribution < -0.4 is 0 Å². The first-order valence-corrected chi connectivity index (χ1v) is 9.95. The molecule has 0 aliphatic heterocycles. The zero-order valence-corrected chi connectivity index (χ0v) is 18.3. The number of hydrogen-bond donors (Lipinski definition) is 0. The van der Waals surface area contributed by atoms with E-state index in [0.717, 1.165) is 5.56 Å². The number of carbonyl (C=O) groups is 4. The van der Waals surface area contributed by atoms with Crippen molar-refractivity contribution in [2.24, 2.45) is 5.41 Å². The molecular weight excluding hydrogens is 372 g/mol. The molecule has 0 radical (unpaired) electrons. The molecule has 1 aromatic rings. The lowest BCUT2D eigenvalue weighted by atomic mass is 9.73. The lowest BCUT2D eigenvalue weighted by molar-refractivity contribution is -0.167. The van der Waals surface area contributed by atoms with Crippen LogP contribution in [0.2, 0.25) is 0 Å². The van der Waals surface area contributed by atoms with Crippen LogP contribution in [0.4, 0.5) is 0 Å². The summed E-state index contributed by atoms with van der Waals surface area (Å²) in [5, 5.41) is 0. The molecular formula is C23H32O6. The van der Waals surface area contributed by atoms with Crippen molar-refractivity contribution in [3.63, 3.8) is 0 Å². The minimum Gasteiger partial charge on any atom is -0.466 e. The average molecular weight is 405 g/mol. The lowest BCUT2D eigenvalue weighted by Crippen LogP contribution is -2.48. The zero-order chi connectivity index (χ0) is 22.2. The van der Waals surface area contributed by atoms with Gasteiger partial charge in [0.25, 0.3) is 0 Å². The van der Waals surface area contributed by atoms with E-state index in [-0.39, 0.29) is 24.4 Å². The normalized spacial score (nSPS) is 13.3. The minimum absolute atomic E-state index is 0.0244. The molecule has 0 spiro atoms. The van der Waals surface area contributed by atoms with Crippen LogP contribution in [0.5, 0.6) is 0 Å². The Labute approximate surface area is 173 Å². The van der Waals surface area contributed by atoms with Crippen molar-refractivity contribution in [1.82, 2.24) is 0 Å². The van der Waals surface area contributed by atoms with Gasteiger partial charge in [0.15, 0.2) is 17.0 Å². The number of ether oxygens (including phenoxy) is 2. The molecule has 1 atom stereocenters. The fraction of sp³-hybridized carbons (Fsp3) is 0.565. The van der Waals surface area contributed by atoms with Crippen molar-refractivity contribution in [3.8, 4) is 0 Å². The Balaban J connectivity index is 3.22. The summed E-state index contributed by atoms with van der Waals surface area (Å²) < 4.78 is 10.4. The van der Waals surface area contributed by atoms with Gasteiger partial charge in [0.1, 0.15) is 5.60 Å². The molecule has 6 nitrogen and oxygen atoms in total. The predicted octanol–water partition coefficient (Wildman–Crippen LogP) is 4.22. The van der Waals surface area contributed by atoms with Crippen LogP contribution in [0, 0.1) is 12.3 Å². The number of benzene rings is 1. The monoisotopic (exact) mass is 404 g/mol. The molecule has 160 valence electrons. The number of ketones is 2. The number of unbranched alkanes of at least 4 members (excludes halogenated alkanes) is 1. The Morgan fingerprint density at radius 2 is 1.69 bits per heavy atom. The Morgan fingerprint density at radius 1 is 1.03 bits per heavy atom. The predicted molar refractivity (Wildman–Crippen MR) is 110 cm³/mol. The third-order valence-electron chi connectivity index (χ3n) is 4.50. The number of Topliss-reactive ketones (excluding diaryl/α,β-unsaturated/α-hetero) is 2. The molecule has 0 saturated carbocycles.